The van der Waals surface area contributed by atoms with Gasteiger partial charge in [-0.05, 0) is 36.6 Å². The van der Waals surface area contributed by atoms with Gasteiger partial charge in [0.2, 0.25) is 0 Å². The van der Waals surface area contributed by atoms with Crippen LogP contribution in [0.15, 0.2) is 18.2 Å². The largest absolute Gasteiger partial charge is 0.383 e. The maximum absolute atomic E-state index is 6.14. The van der Waals surface area contributed by atoms with Crippen LogP contribution >= 0.6 is 11.6 Å². The topological polar surface area (TPSA) is 38.5 Å². The molecule has 1 aromatic carbocycles. The quantitative estimate of drug-likeness (QED) is 0.798. The molecule has 0 aliphatic rings. The molecular weight excluding hydrogens is 260 g/mol. The third kappa shape index (κ3) is 5.39. The molecule has 0 unspecified atom stereocenters. The van der Waals surface area contributed by atoms with Crippen LogP contribution in [0, 0.1) is 5.92 Å². The Balaban J connectivity index is 3.00. The molecule has 2 N–H and O–H groups in total. The molecule has 1 rings (SSSR count). The zero-order valence-corrected chi connectivity index (χ0v) is 12.9. The van der Waals surface area contributed by atoms with Gasteiger partial charge in [0, 0.05) is 30.9 Å². The van der Waals surface area contributed by atoms with E-state index in [0.717, 1.165) is 24.5 Å². The van der Waals surface area contributed by atoms with Crippen LogP contribution in [0.3, 0.4) is 0 Å². The first-order chi connectivity index (χ1) is 9.08. The Labute approximate surface area is 121 Å². The number of hydrogen-bond donors (Lipinski definition) is 1. The molecule has 0 fully saturated rings. The fourth-order valence-electron chi connectivity index (χ4n) is 2.15. The first-order valence-electron chi connectivity index (χ1n) is 6.80. The van der Waals surface area contributed by atoms with Crippen molar-refractivity contribution in [3.63, 3.8) is 0 Å². The van der Waals surface area contributed by atoms with Gasteiger partial charge in [-0.3, -0.25) is 0 Å². The van der Waals surface area contributed by atoms with Crippen molar-refractivity contribution in [2.45, 2.75) is 20.3 Å². The monoisotopic (exact) mass is 284 g/mol. The van der Waals surface area contributed by atoms with Gasteiger partial charge in [0.1, 0.15) is 0 Å². The van der Waals surface area contributed by atoms with E-state index in [4.69, 9.17) is 22.1 Å². The van der Waals surface area contributed by atoms with E-state index in [1.54, 1.807) is 7.11 Å². The number of anilines is 1. The summed E-state index contributed by atoms with van der Waals surface area (Å²) in [5.74, 6) is 0.585. The lowest BCUT2D eigenvalue weighted by Gasteiger charge is -2.29. The Morgan fingerprint density at radius 2 is 2.11 bits per heavy atom. The fourth-order valence-corrected chi connectivity index (χ4v) is 2.32. The Bertz CT molecular complexity index is 382. The van der Waals surface area contributed by atoms with Gasteiger partial charge in [-0.25, -0.2) is 0 Å². The van der Waals surface area contributed by atoms with Crippen molar-refractivity contribution in [2.24, 2.45) is 11.7 Å². The predicted octanol–water partition coefficient (Wildman–Crippen LogP) is 2.95. The molecule has 3 nitrogen and oxygen atoms in total. The van der Waals surface area contributed by atoms with Crippen molar-refractivity contribution in [3.05, 3.63) is 28.8 Å². The first-order valence-corrected chi connectivity index (χ1v) is 7.18. The minimum Gasteiger partial charge on any atom is -0.383 e. The summed E-state index contributed by atoms with van der Waals surface area (Å²) in [5, 5.41) is 0.766. The Morgan fingerprint density at radius 3 is 2.68 bits per heavy atom. The van der Waals surface area contributed by atoms with Crippen molar-refractivity contribution in [1.29, 1.82) is 0 Å². The lowest BCUT2D eigenvalue weighted by Crippen LogP contribution is -2.32. The number of ether oxygens (including phenoxy) is 1. The minimum absolute atomic E-state index is 0.585. The van der Waals surface area contributed by atoms with E-state index in [2.05, 4.69) is 24.8 Å². The summed E-state index contributed by atoms with van der Waals surface area (Å²) in [6, 6.07) is 6.04. The number of nitrogens with zero attached hydrogens (tertiary/aromatic N) is 1. The van der Waals surface area contributed by atoms with Gasteiger partial charge < -0.3 is 15.4 Å². The van der Waals surface area contributed by atoms with Crippen LogP contribution in [0.4, 0.5) is 5.69 Å². The Kier molecular flexibility index (Phi) is 7.21. The molecule has 0 heterocycles. The number of benzene rings is 1. The maximum atomic E-state index is 6.14. The summed E-state index contributed by atoms with van der Waals surface area (Å²) in [5.41, 5.74) is 8.13. The number of hydrogen-bond acceptors (Lipinski definition) is 3. The molecule has 0 aliphatic heterocycles. The number of nitrogens with two attached hydrogens (primary N) is 1. The second-order valence-corrected chi connectivity index (χ2v) is 5.58. The first kappa shape index (κ1) is 16.3. The van der Waals surface area contributed by atoms with Crippen LogP contribution in [0.1, 0.15) is 19.4 Å². The second kappa shape index (κ2) is 8.41. The highest BCUT2D eigenvalue weighted by atomic mass is 35.5. The van der Waals surface area contributed by atoms with E-state index >= 15 is 0 Å². The van der Waals surface area contributed by atoms with Crippen LogP contribution in [-0.2, 0) is 11.2 Å². The van der Waals surface area contributed by atoms with E-state index in [1.807, 2.05) is 12.1 Å². The van der Waals surface area contributed by atoms with Crippen LogP contribution in [-0.4, -0.2) is 33.4 Å². The van der Waals surface area contributed by atoms with Gasteiger partial charge in [0.15, 0.2) is 0 Å². The molecule has 1 aromatic rings. The summed E-state index contributed by atoms with van der Waals surface area (Å²) >= 11 is 6.14. The average Bonchev–Trinajstić information content (AvgIpc) is 2.36. The highest BCUT2D eigenvalue weighted by Gasteiger charge is 2.13. The van der Waals surface area contributed by atoms with E-state index in [1.165, 1.54) is 11.3 Å². The zero-order chi connectivity index (χ0) is 14.3. The maximum Gasteiger partial charge on any atom is 0.0637 e. The summed E-state index contributed by atoms with van der Waals surface area (Å²) in [4.78, 5) is 2.34. The number of rotatable bonds is 8. The zero-order valence-electron chi connectivity index (χ0n) is 12.2. The van der Waals surface area contributed by atoms with Crippen molar-refractivity contribution in [1.82, 2.24) is 0 Å². The van der Waals surface area contributed by atoms with Gasteiger partial charge in [-0.1, -0.05) is 31.5 Å². The van der Waals surface area contributed by atoms with Crippen LogP contribution in [0.2, 0.25) is 5.02 Å². The fraction of sp³-hybridized carbons (Fsp3) is 0.600. The molecule has 0 radical (unpaired) electrons. The van der Waals surface area contributed by atoms with Gasteiger partial charge in [-0.15, -0.1) is 0 Å². The highest BCUT2D eigenvalue weighted by molar-refractivity contribution is 6.30. The van der Waals surface area contributed by atoms with Gasteiger partial charge in [0.25, 0.3) is 0 Å². The molecule has 4 heteroatoms. The highest BCUT2D eigenvalue weighted by Crippen LogP contribution is 2.26. The third-order valence-corrected chi connectivity index (χ3v) is 3.19. The lowest BCUT2D eigenvalue weighted by atomic mass is 10.1. The molecule has 19 heavy (non-hydrogen) atoms. The Morgan fingerprint density at radius 1 is 1.37 bits per heavy atom. The second-order valence-electron chi connectivity index (χ2n) is 5.14. The van der Waals surface area contributed by atoms with E-state index in [-0.39, 0.29) is 0 Å². The minimum atomic E-state index is 0.585. The molecule has 0 atom stereocenters. The predicted molar refractivity (Wildman–Crippen MR) is 83.1 cm³/mol. The molecule has 0 aromatic heterocycles. The van der Waals surface area contributed by atoms with Crippen LogP contribution in [0.25, 0.3) is 0 Å². The molecule has 0 saturated carbocycles. The SMILES string of the molecule is COCCN(CC(C)C)c1cc(Cl)ccc1CCN. The molecule has 0 bridgehead atoms. The normalized spacial score (nSPS) is 11.1. The van der Waals surface area contributed by atoms with Gasteiger partial charge >= 0.3 is 0 Å². The van der Waals surface area contributed by atoms with Crippen LogP contribution in [0.5, 0.6) is 0 Å². The number of halogens is 1. The van der Waals surface area contributed by atoms with Gasteiger partial charge in [-0.2, -0.15) is 0 Å². The summed E-state index contributed by atoms with van der Waals surface area (Å²) in [6.45, 7) is 7.64. The summed E-state index contributed by atoms with van der Waals surface area (Å²) in [6.07, 6.45) is 0.869. The molecule has 0 amide bonds. The molecule has 108 valence electrons. The molecular formula is C15H25ClN2O. The number of methoxy groups -OCH3 is 1. The van der Waals surface area contributed by atoms with Crippen molar-refractivity contribution >= 4 is 17.3 Å². The lowest BCUT2D eigenvalue weighted by molar-refractivity contribution is 0.204. The molecule has 0 saturated heterocycles. The summed E-state index contributed by atoms with van der Waals surface area (Å²) < 4.78 is 5.21. The standard InChI is InChI=1S/C15H25ClN2O/c1-12(2)11-18(8-9-19-3)15-10-14(16)5-4-13(15)6-7-17/h4-5,10,12H,6-9,11,17H2,1-3H3. The van der Waals surface area contributed by atoms with Crippen molar-refractivity contribution < 1.29 is 4.74 Å². The third-order valence-electron chi connectivity index (χ3n) is 2.95. The van der Waals surface area contributed by atoms with Crippen molar-refractivity contribution in [3.8, 4) is 0 Å². The van der Waals surface area contributed by atoms with Crippen molar-refractivity contribution in [2.75, 3.05) is 38.3 Å². The summed E-state index contributed by atoms with van der Waals surface area (Å²) in [7, 11) is 1.73. The Hall–Kier alpha value is -0.770. The molecule has 0 spiro atoms. The van der Waals surface area contributed by atoms with E-state index < -0.39 is 0 Å². The average molecular weight is 285 g/mol. The van der Waals surface area contributed by atoms with Gasteiger partial charge in [0.05, 0.1) is 6.61 Å². The van der Waals surface area contributed by atoms with E-state index in [0.29, 0.717) is 19.1 Å². The van der Waals surface area contributed by atoms with Crippen LogP contribution < -0.4 is 10.6 Å². The molecule has 0 aliphatic carbocycles. The van der Waals surface area contributed by atoms with E-state index in [9.17, 15) is 0 Å². The smallest absolute Gasteiger partial charge is 0.0637 e.